The molecule has 74 valence electrons. The first-order valence-corrected chi connectivity index (χ1v) is 4.41. The van der Waals surface area contributed by atoms with Gasteiger partial charge in [0.15, 0.2) is 0 Å². The zero-order valence-corrected chi connectivity index (χ0v) is 8.45. The van der Waals surface area contributed by atoms with Crippen LogP contribution in [-0.2, 0) is 11.2 Å². The van der Waals surface area contributed by atoms with Gasteiger partial charge in [0.2, 0.25) is 0 Å². The molecule has 1 aromatic rings. The van der Waals surface area contributed by atoms with Crippen molar-refractivity contribution < 1.29 is 9.72 Å². The minimum absolute atomic E-state index is 0.0484. The summed E-state index contributed by atoms with van der Waals surface area (Å²) < 4.78 is 0. The van der Waals surface area contributed by atoms with Gasteiger partial charge >= 0.3 is 0 Å². The second kappa shape index (κ2) is 4.23. The van der Waals surface area contributed by atoms with Gasteiger partial charge in [0.05, 0.1) is 4.92 Å². The maximum Gasteiger partial charge on any atom is 0.274 e. The Morgan fingerprint density at radius 2 is 2.21 bits per heavy atom. The number of nitrogens with zero attached hydrogens (tertiary/aromatic N) is 1. The molecule has 0 amide bonds. The van der Waals surface area contributed by atoms with Crippen LogP contribution in [0, 0.1) is 10.1 Å². The number of hydrogen-bond acceptors (Lipinski definition) is 4. The maximum atomic E-state index is 10.8. The zero-order valence-electron chi connectivity index (χ0n) is 7.56. The van der Waals surface area contributed by atoms with Crippen LogP contribution in [0.4, 0.5) is 5.69 Å². The second-order valence-corrected chi connectivity index (χ2v) is 3.47. The van der Waals surface area contributed by atoms with Gasteiger partial charge in [-0.1, -0.05) is 6.07 Å². The molecule has 0 aromatic heterocycles. The molecule has 4 nitrogen and oxygen atoms in total. The van der Waals surface area contributed by atoms with E-state index >= 15 is 0 Å². The lowest BCUT2D eigenvalue weighted by Gasteiger charge is -2.00. The standard InChI is InChI=1S/C9H9NO3S/c1-6(11)4-7-2-3-8(14)5-9(7)10(12)13/h2-3,5,14H,4H2,1H3. The van der Waals surface area contributed by atoms with Gasteiger partial charge < -0.3 is 0 Å². The van der Waals surface area contributed by atoms with Gasteiger partial charge in [-0.2, -0.15) is 0 Å². The van der Waals surface area contributed by atoms with Crippen LogP contribution in [0.15, 0.2) is 23.1 Å². The summed E-state index contributed by atoms with van der Waals surface area (Å²) in [4.78, 5) is 21.5. The molecule has 0 saturated carbocycles. The number of ketones is 1. The molecular formula is C9H9NO3S. The van der Waals surface area contributed by atoms with Crippen molar-refractivity contribution in [1.82, 2.24) is 0 Å². The Hall–Kier alpha value is -1.36. The average molecular weight is 211 g/mol. The summed E-state index contributed by atoms with van der Waals surface area (Å²) in [6.07, 6.45) is 0.0877. The van der Waals surface area contributed by atoms with Gasteiger partial charge in [-0.15, -0.1) is 12.6 Å². The highest BCUT2D eigenvalue weighted by Crippen LogP contribution is 2.22. The van der Waals surface area contributed by atoms with Crippen LogP contribution in [0.5, 0.6) is 0 Å². The Balaban J connectivity index is 3.14. The van der Waals surface area contributed by atoms with E-state index in [-0.39, 0.29) is 17.9 Å². The van der Waals surface area contributed by atoms with E-state index < -0.39 is 4.92 Å². The number of hydrogen-bond donors (Lipinski definition) is 1. The number of nitro benzene ring substituents is 1. The van der Waals surface area contributed by atoms with E-state index in [1.807, 2.05) is 0 Å². The van der Waals surface area contributed by atoms with Gasteiger partial charge in [-0.3, -0.25) is 14.9 Å². The molecule has 0 N–H and O–H groups in total. The number of benzene rings is 1. The molecule has 1 rings (SSSR count). The van der Waals surface area contributed by atoms with Crippen LogP contribution < -0.4 is 0 Å². The van der Waals surface area contributed by atoms with E-state index in [1.54, 1.807) is 12.1 Å². The first-order valence-electron chi connectivity index (χ1n) is 3.96. The first kappa shape index (κ1) is 10.7. The molecule has 0 unspecified atom stereocenters. The number of thiol groups is 1. The smallest absolute Gasteiger partial charge is 0.274 e. The lowest BCUT2D eigenvalue weighted by Crippen LogP contribution is -2.01. The Kier molecular flexibility index (Phi) is 3.24. The topological polar surface area (TPSA) is 60.2 Å². The normalized spacial score (nSPS) is 9.86. The van der Waals surface area contributed by atoms with E-state index in [2.05, 4.69) is 12.6 Å². The monoisotopic (exact) mass is 211 g/mol. The molecule has 0 fully saturated rings. The lowest BCUT2D eigenvalue weighted by atomic mass is 10.1. The van der Waals surface area contributed by atoms with E-state index in [0.29, 0.717) is 10.5 Å². The van der Waals surface area contributed by atoms with Gasteiger partial charge in [0.25, 0.3) is 5.69 Å². The third-order valence-corrected chi connectivity index (χ3v) is 1.98. The summed E-state index contributed by atoms with van der Waals surface area (Å²) >= 11 is 4.00. The molecule has 0 atom stereocenters. The minimum Gasteiger partial charge on any atom is -0.300 e. The van der Waals surface area contributed by atoms with Crippen LogP contribution >= 0.6 is 12.6 Å². The fourth-order valence-corrected chi connectivity index (χ4v) is 1.34. The SMILES string of the molecule is CC(=O)Cc1ccc(S)cc1[N+](=O)[O-]. The van der Waals surface area contributed by atoms with Gasteiger partial charge in [0.1, 0.15) is 5.78 Å². The van der Waals surface area contributed by atoms with Crippen molar-refractivity contribution in [2.24, 2.45) is 0 Å². The van der Waals surface area contributed by atoms with Crippen LogP contribution in [-0.4, -0.2) is 10.7 Å². The molecule has 0 heterocycles. The molecule has 5 heteroatoms. The fourth-order valence-electron chi connectivity index (χ4n) is 1.14. The summed E-state index contributed by atoms with van der Waals surface area (Å²) in [5, 5.41) is 10.6. The van der Waals surface area contributed by atoms with E-state index in [9.17, 15) is 14.9 Å². The molecule has 0 saturated heterocycles. The van der Waals surface area contributed by atoms with Crippen molar-refractivity contribution >= 4 is 24.1 Å². The highest BCUT2D eigenvalue weighted by Gasteiger charge is 2.14. The highest BCUT2D eigenvalue weighted by atomic mass is 32.1. The summed E-state index contributed by atoms with van der Waals surface area (Å²) in [7, 11) is 0. The molecule has 0 radical (unpaired) electrons. The fraction of sp³-hybridized carbons (Fsp3) is 0.222. The minimum atomic E-state index is -0.502. The van der Waals surface area contributed by atoms with Gasteiger partial charge in [-0.25, -0.2) is 0 Å². The number of carbonyl (C=O) groups is 1. The number of Topliss-reactive ketones (excluding diaryl/α,β-unsaturated/α-hetero) is 1. The average Bonchev–Trinajstić information content (AvgIpc) is 2.07. The van der Waals surface area contributed by atoms with Crippen molar-refractivity contribution in [3.05, 3.63) is 33.9 Å². The number of carbonyl (C=O) groups excluding carboxylic acids is 1. The van der Waals surface area contributed by atoms with Gasteiger partial charge in [-0.05, 0) is 13.0 Å². The van der Waals surface area contributed by atoms with E-state index in [4.69, 9.17) is 0 Å². The first-order chi connectivity index (χ1) is 6.50. The Morgan fingerprint density at radius 1 is 1.57 bits per heavy atom. The molecular weight excluding hydrogens is 202 g/mol. The predicted molar refractivity (Wildman–Crippen MR) is 54.7 cm³/mol. The van der Waals surface area contributed by atoms with Crippen molar-refractivity contribution in [3.63, 3.8) is 0 Å². The van der Waals surface area contributed by atoms with Gasteiger partial charge in [0, 0.05) is 22.9 Å². The van der Waals surface area contributed by atoms with Crippen LogP contribution in [0.25, 0.3) is 0 Å². The molecule has 1 aromatic carbocycles. The molecule has 0 aliphatic heterocycles. The zero-order chi connectivity index (χ0) is 10.7. The van der Waals surface area contributed by atoms with Crippen LogP contribution in [0.2, 0.25) is 0 Å². The predicted octanol–water partition coefficient (Wildman–Crippen LogP) is 2.01. The quantitative estimate of drug-likeness (QED) is 0.472. The van der Waals surface area contributed by atoms with Crippen LogP contribution in [0.1, 0.15) is 12.5 Å². The Morgan fingerprint density at radius 3 is 2.71 bits per heavy atom. The van der Waals surface area contributed by atoms with E-state index in [1.165, 1.54) is 13.0 Å². The van der Waals surface area contributed by atoms with Crippen LogP contribution in [0.3, 0.4) is 0 Å². The van der Waals surface area contributed by atoms with Crippen molar-refractivity contribution in [3.8, 4) is 0 Å². The largest absolute Gasteiger partial charge is 0.300 e. The Bertz CT molecular complexity index is 390. The Labute approximate surface area is 86.5 Å². The molecule has 0 aliphatic rings. The third kappa shape index (κ3) is 2.56. The number of rotatable bonds is 3. The van der Waals surface area contributed by atoms with Crippen molar-refractivity contribution in [1.29, 1.82) is 0 Å². The second-order valence-electron chi connectivity index (χ2n) is 2.95. The molecule has 14 heavy (non-hydrogen) atoms. The van der Waals surface area contributed by atoms with E-state index in [0.717, 1.165) is 0 Å². The number of nitro groups is 1. The van der Waals surface area contributed by atoms with Crippen molar-refractivity contribution in [2.75, 3.05) is 0 Å². The lowest BCUT2D eigenvalue weighted by molar-refractivity contribution is -0.385. The molecule has 0 aliphatic carbocycles. The summed E-state index contributed by atoms with van der Waals surface area (Å²) in [6, 6.07) is 4.54. The summed E-state index contributed by atoms with van der Waals surface area (Å²) in [5.74, 6) is -0.0972. The summed E-state index contributed by atoms with van der Waals surface area (Å²) in [6.45, 7) is 1.40. The third-order valence-electron chi connectivity index (χ3n) is 1.70. The maximum absolute atomic E-state index is 10.8. The summed E-state index contributed by atoms with van der Waals surface area (Å²) in [5.41, 5.74) is 0.382. The molecule has 0 bridgehead atoms. The van der Waals surface area contributed by atoms with Crippen molar-refractivity contribution in [2.45, 2.75) is 18.2 Å². The molecule has 0 spiro atoms. The highest BCUT2D eigenvalue weighted by molar-refractivity contribution is 7.80.